The van der Waals surface area contributed by atoms with E-state index in [0.717, 1.165) is 26.1 Å². The molecule has 1 amide bonds. The first-order chi connectivity index (χ1) is 8.25. The number of amides is 1. The standard InChI is InChI=1S/C12H19NO3S/c14-10-1-5-13(6-2-10)12(15)9-17-11-3-7-16-8-4-11/h11H,1-9H2. The third-order valence-electron chi connectivity index (χ3n) is 3.28. The van der Waals surface area contributed by atoms with E-state index in [1.807, 2.05) is 4.90 Å². The highest BCUT2D eigenvalue weighted by atomic mass is 32.2. The molecule has 0 aromatic carbocycles. The maximum absolute atomic E-state index is 11.9. The van der Waals surface area contributed by atoms with Gasteiger partial charge in [-0.2, -0.15) is 0 Å². The normalized spacial score (nSPS) is 22.8. The van der Waals surface area contributed by atoms with E-state index in [4.69, 9.17) is 4.74 Å². The number of nitrogens with zero attached hydrogens (tertiary/aromatic N) is 1. The van der Waals surface area contributed by atoms with Crippen molar-refractivity contribution < 1.29 is 14.3 Å². The van der Waals surface area contributed by atoms with Crippen LogP contribution in [-0.4, -0.2) is 53.9 Å². The Morgan fingerprint density at radius 1 is 1.29 bits per heavy atom. The summed E-state index contributed by atoms with van der Waals surface area (Å²) in [7, 11) is 0. The van der Waals surface area contributed by atoms with Crippen molar-refractivity contribution in [1.82, 2.24) is 4.90 Å². The molecular weight excluding hydrogens is 238 g/mol. The molecule has 0 aliphatic carbocycles. The van der Waals surface area contributed by atoms with Crippen LogP contribution in [0.25, 0.3) is 0 Å². The Kier molecular flexibility index (Phi) is 4.86. The van der Waals surface area contributed by atoms with Crippen molar-refractivity contribution in [3.8, 4) is 0 Å². The first-order valence-corrected chi connectivity index (χ1v) is 7.29. The molecule has 0 unspecified atom stereocenters. The molecule has 0 spiro atoms. The summed E-state index contributed by atoms with van der Waals surface area (Å²) in [5.74, 6) is 1.03. The van der Waals surface area contributed by atoms with Gasteiger partial charge in [0.1, 0.15) is 5.78 Å². The van der Waals surface area contributed by atoms with E-state index < -0.39 is 0 Å². The van der Waals surface area contributed by atoms with Gasteiger partial charge in [-0.15, -0.1) is 11.8 Å². The number of thioether (sulfide) groups is 1. The van der Waals surface area contributed by atoms with E-state index in [0.29, 0.717) is 36.9 Å². The van der Waals surface area contributed by atoms with Gasteiger partial charge in [-0.25, -0.2) is 0 Å². The molecule has 17 heavy (non-hydrogen) atoms. The van der Waals surface area contributed by atoms with Crippen molar-refractivity contribution in [1.29, 1.82) is 0 Å². The molecule has 2 fully saturated rings. The van der Waals surface area contributed by atoms with Crippen molar-refractivity contribution >= 4 is 23.5 Å². The van der Waals surface area contributed by atoms with Gasteiger partial charge in [-0.3, -0.25) is 9.59 Å². The van der Waals surface area contributed by atoms with Crippen molar-refractivity contribution in [2.24, 2.45) is 0 Å². The van der Waals surface area contributed by atoms with Gasteiger partial charge in [0.05, 0.1) is 5.75 Å². The first kappa shape index (κ1) is 12.9. The fourth-order valence-electron chi connectivity index (χ4n) is 2.13. The summed E-state index contributed by atoms with van der Waals surface area (Å²) >= 11 is 1.74. The minimum Gasteiger partial charge on any atom is -0.381 e. The molecule has 2 heterocycles. The maximum Gasteiger partial charge on any atom is 0.232 e. The Balaban J connectivity index is 1.67. The Hall–Kier alpha value is -0.550. The van der Waals surface area contributed by atoms with Crippen molar-refractivity contribution in [2.75, 3.05) is 32.1 Å². The second-order valence-corrected chi connectivity index (χ2v) is 5.83. The molecule has 2 aliphatic heterocycles. The van der Waals surface area contributed by atoms with E-state index in [1.165, 1.54) is 0 Å². The van der Waals surface area contributed by atoms with Gasteiger partial charge in [-0.05, 0) is 12.8 Å². The van der Waals surface area contributed by atoms with Crippen LogP contribution in [-0.2, 0) is 14.3 Å². The van der Waals surface area contributed by atoms with Crippen LogP contribution in [0.2, 0.25) is 0 Å². The van der Waals surface area contributed by atoms with Crippen LogP contribution >= 0.6 is 11.8 Å². The summed E-state index contributed by atoms with van der Waals surface area (Å²) in [6.07, 6.45) is 3.17. The topological polar surface area (TPSA) is 46.6 Å². The van der Waals surface area contributed by atoms with E-state index in [-0.39, 0.29) is 11.7 Å². The molecule has 0 radical (unpaired) electrons. The summed E-state index contributed by atoms with van der Waals surface area (Å²) in [6, 6.07) is 0. The van der Waals surface area contributed by atoms with Crippen molar-refractivity contribution in [2.45, 2.75) is 30.9 Å². The molecule has 0 aromatic rings. The predicted octanol–water partition coefficient (Wildman–Crippen LogP) is 1.09. The SMILES string of the molecule is O=C1CCN(C(=O)CSC2CCOCC2)CC1. The molecule has 5 heteroatoms. The van der Waals surface area contributed by atoms with Crippen LogP contribution < -0.4 is 0 Å². The third-order valence-corrected chi connectivity index (χ3v) is 4.64. The number of ether oxygens (including phenoxy) is 1. The second-order valence-electron chi connectivity index (χ2n) is 4.54. The number of hydrogen-bond donors (Lipinski definition) is 0. The summed E-state index contributed by atoms with van der Waals surface area (Å²) in [5, 5.41) is 0.569. The molecule has 0 N–H and O–H groups in total. The van der Waals surface area contributed by atoms with Crippen LogP contribution in [0.5, 0.6) is 0 Å². The van der Waals surface area contributed by atoms with E-state index in [1.54, 1.807) is 11.8 Å². The highest BCUT2D eigenvalue weighted by Crippen LogP contribution is 2.22. The lowest BCUT2D eigenvalue weighted by Gasteiger charge is -2.27. The summed E-state index contributed by atoms with van der Waals surface area (Å²) in [5.41, 5.74) is 0. The highest BCUT2D eigenvalue weighted by Gasteiger charge is 2.22. The Morgan fingerprint density at radius 3 is 2.59 bits per heavy atom. The number of rotatable bonds is 3. The molecule has 96 valence electrons. The van der Waals surface area contributed by atoms with Gasteiger partial charge in [-0.1, -0.05) is 0 Å². The van der Waals surface area contributed by atoms with E-state index in [9.17, 15) is 9.59 Å². The molecule has 0 saturated carbocycles. The Morgan fingerprint density at radius 2 is 1.94 bits per heavy atom. The number of Topliss-reactive ketones (excluding diaryl/α,β-unsaturated/α-hetero) is 1. The number of piperidine rings is 1. The summed E-state index contributed by atoms with van der Waals surface area (Å²) in [4.78, 5) is 24.8. The molecule has 0 bridgehead atoms. The fraction of sp³-hybridized carbons (Fsp3) is 0.833. The monoisotopic (exact) mass is 257 g/mol. The zero-order chi connectivity index (χ0) is 12.1. The minimum atomic E-state index is 0.189. The Bertz CT molecular complexity index is 279. The molecular formula is C12H19NO3S. The van der Waals surface area contributed by atoms with Gasteiger partial charge < -0.3 is 9.64 Å². The van der Waals surface area contributed by atoms with E-state index in [2.05, 4.69) is 0 Å². The quantitative estimate of drug-likeness (QED) is 0.759. The van der Waals surface area contributed by atoms with Gasteiger partial charge >= 0.3 is 0 Å². The molecule has 4 nitrogen and oxygen atoms in total. The Labute approximate surface area is 106 Å². The average Bonchev–Trinajstić information content (AvgIpc) is 2.38. The highest BCUT2D eigenvalue weighted by molar-refractivity contribution is 8.00. The zero-order valence-corrected chi connectivity index (χ0v) is 10.8. The molecule has 2 rings (SSSR count). The zero-order valence-electron chi connectivity index (χ0n) is 10.0. The predicted molar refractivity (Wildman–Crippen MR) is 67.1 cm³/mol. The largest absolute Gasteiger partial charge is 0.381 e. The average molecular weight is 257 g/mol. The first-order valence-electron chi connectivity index (χ1n) is 6.24. The lowest BCUT2D eigenvalue weighted by molar-refractivity contribution is -0.132. The minimum absolute atomic E-state index is 0.189. The van der Waals surface area contributed by atoms with Crippen LogP contribution in [0.3, 0.4) is 0 Å². The van der Waals surface area contributed by atoms with Gasteiger partial charge in [0.15, 0.2) is 0 Å². The van der Waals surface area contributed by atoms with Crippen LogP contribution in [0.1, 0.15) is 25.7 Å². The number of ketones is 1. The van der Waals surface area contributed by atoms with Gasteiger partial charge in [0.25, 0.3) is 0 Å². The van der Waals surface area contributed by atoms with Gasteiger partial charge in [0, 0.05) is 44.4 Å². The van der Waals surface area contributed by atoms with Gasteiger partial charge in [0.2, 0.25) is 5.91 Å². The van der Waals surface area contributed by atoms with Crippen LogP contribution in [0.15, 0.2) is 0 Å². The number of likely N-dealkylation sites (tertiary alicyclic amines) is 1. The summed E-state index contributed by atoms with van der Waals surface area (Å²) < 4.78 is 5.29. The number of carbonyl (C=O) groups is 2. The molecule has 2 saturated heterocycles. The van der Waals surface area contributed by atoms with Crippen molar-refractivity contribution in [3.05, 3.63) is 0 Å². The van der Waals surface area contributed by atoms with Crippen molar-refractivity contribution in [3.63, 3.8) is 0 Å². The molecule has 2 aliphatic rings. The lowest BCUT2D eigenvalue weighted by atomic mass is 10.1. The summed E-state index contributed by atoms with van der Waals surface area (Å²) in [6.45, 7) is 2.88. The smallest absolute Gasteiger partial charge is 0.232 e. The molecule has 0 atom stereocenters. The second kappa shape index (κ2) is 6.40. The molecule has 0 aromatic heterocycles. The van der Waals surface area contributed by atoms with Crippen LogP contribution in [0.4, 0.5) is 0 Å². The third kappa shape index (κ3) is 4.00. The fourth-order valence-corrected chi connectivity index (χ4v) is 3.22. The maximum atomic E-state index is 11.9. The number of carbonyl (C=O) groups excluding carboxylic acids is 2. The van der Waals surface area contributed by atoms with Crippen LogP contribution in [0, 0.1) is 0 Å². The number of hydrogen-bond acceptors (Lipinski definition) is 4. The van der Waals surface area contributed by atoms with E-state index >= 15 is 0 Å². The lowest BCUT2D eigenvalue weighted by Crippen LogP contribution is -2.40.